The lowest BCUT2D eigenvalue weighted by molar-refractivity contribution is 0.0524. The van der Waals surface area contributed by atoms with Crippen molar-refractivity contribution in [2.75, 3.05) is 12.3 Å². The highest BCUT2D eigenvalue weighted by Crippen LogP contribution is 2.40. The molecule has 0 saturated carbocycles. The number of benzene rings is 2. The highest BCUT2D eigenvalue weighted by Gasteiger charge is 2.37. The summed E-state index contributed by atoms with van der Waals surface area (Å²) in [5, 5.41) is 0.0744. The van der Waals surface area contributed by atoms with Crippen LogP contribution in [-0.4, -0.2) is 30.3 Å². The highest BCUT2D eigenvalue weighted by molar-refractivity contribution is 6.72. The molecule has 9 heteroatoms. The summed E-state index contributed by atoms with van der Waals surface area (Å²) in [4.78, 5) is 36.6. The molecule has 1 heterocycles. The van der Waals surface area contributed by atoms with Crippen LogP contribution in [0, 0.1) is 5.82 Å². The van der Waals surface area contributed by atoms with E-state index in [-0.39, 0.29) is 34.0 Å². The molecule has 3 aromatic rings. The molecule has 0 spiro atoms. The minimum atomic E-state index is -2.39. The Balaban J connectivity index is 2.09. The number of esters is 1. The van der Waals surface area contributed by atoms with Gasteiger partial charge < -0.3 is 19.8 Å². The summed E-state index contributed by atoms with van der Waals surface area (Å²) in [5.74, 6) is -1.22. The van der Waals surface area contributed by atoms with E-state index in [1.165, 1.54) is 12.3 Å². The SMILES string of the molecule is CCOC(=O)c1cn(CCCC(C)(C)[Si](C)(C)O)c2c(N)cc(Cc3cccc(Cl)c3F)cc2c1=O. The molecule has 6 nitrogen and oxygen atoms in total. The number of fused-ring (bicyclic) bond motifs is 1. The van der Waals surface area contributed by atoms with Gasteiger partial charge in [-0.2, -0.15) is 0 Å². The number of nitrogens with two attached hydrogens (primary N) is 1. The Morgan fingerprint density at radius 1 is 1.28 bits per heavy atom. The molecule has 0 atom stereocenters. The molecule has 0 aliphatic carbocycles. The molecule has 0 aliphatic rings. The van der Waals surface area contributed by atoms with Crippen molar-refractivity contribution >= 4 is 42.5 Å². The molecule has 2 aromatic carbocycles. The van der Waals surface area contributed by atoms with Crippen molar-refractivity contribution in [3.05, 3.63) is 74.3 Å². The quantitative estimate of drug-likeness (QED) is 0.203. The number of pyridine rings is 1. The van der Waals surface area contributed by atoms with Crippen LogP contribution in [0.1, 0.15) is 55.1 Å². The predicted octanol–water partition coefficient (Wildman–Crippen LogP) is 5.90. The maximum atomic E-state index is 14.5. The van der Waals surface area contributed by atoms with Gasteiger partial charge in [-0.05, 0) is 67.2 Å². The third-order valence-corrected chi connectivity index (χ3v) is 10.9. The van der Waals surface area contributed by atoms with Gasteiger partial charge in [-0.3, -0.25) is 4.79 Å². The van der Waals surface area contributed by atoms with Crippen molar-refractivity contribution in [2.24, 2.45) is 0 Å². The van der Waals surface area contributed by atoms with Crippen molar-refractivity contribution in [2.45, 2.75) is 64.7 Å². The molecule has 36 heavy (non-hydrogen) atoms. The van der Waals surface area contributed by atoms with E-state index < -0.39 is 25.5 Å². The van der Waals surface area contributed by atoms with Gasteiger partial charge in [-0.1, -0.05) is 37.6 Å². The number of rotatable bonds is 9. The van der Waals surface area contributed by atoms with Gasteiger partial charge in [0, 0.05) is 24.5 Å². The lowest BCUT2D eigenvalue weighted by Gasteiger charge is -2.35. The third kappa shape index (κ3) is 5.82. The van der Waals surface area contributed by atoms with E-state index >= 15 is 0 Å². The number of aromatic nitrogens is 1. The smallest absolute Gasteiger partial charge is 0.343 e. The van der Waals surface area contributed by atoms with Gasteiger partial charge in [-0.15, -0.1) is 0 Å². The van der Waals surface area contributed by atoms with Crippen molar-refractivity contribution in [3.8, 4) is 0 Å². The maximum absolute atomic E-state index is 14.5. The molecule has 0 unspecified atom stereocenters. The summed E-state index contributed by atoms with van der Waals surface area (Å²) in [6.07, 6.45) is 3.15. The highest BCUT2D eigenvalue weighted by atomic mass is 35.5. The van der Waals surface area contributed by atoms with Gasteiger partial charge in [-0.25, -0.2) is 9.18 Å². The van der Waals surface area contributed by atoms with Crippen LogP contribution in [0.4, 0.5) is 10.1 Å². The average Bonchev–Trinajstić information content (AvgIpc) is 2.77. The zero-order valence-corrected chi connectivity index (χ0v) is 23.2. The molecule has 0 radical (unpaired) electrons. The van der Waals surface area contributed by atoms with Crippen LogP contribution in [0.2, 0.25) is 23.2 Å². The number of nitrogen functional groups attached to an aromatic ring is 1. The van der Waals surface area contributed by atoms with Crippen LogP contribution in [0.3, 0.4) is 0 Å². The second-order valence-electron chi connectivity index (χ2n) is 10.3. The maximum Gasteiger partial charge on any atom is 0.343 e. The van der Waals surface area contributed by atoms with E-state index in [0.717, 1.165) is 6.42 Å². The first-order valence-electron chi connectivity index (χ1n) is 12.0. The van der Waals surface area contributed by atoms with Crippen LogP contribution in [0.5, 0.6) is 0 Å². The first-order chi connectivity index (χ1) is 16.8. The zero-order valence-electron chi connectivity index (χ0n) is 21.5. The van der Waals surface area contributed by atoms with Gasteiger partial charge in [0.15, 0.2) is 8.32 Å². The van der Waals surface area contributed by atoms with Gasteiger partial charge in [0.2, 0.25) is 5.43 Å². The van der Waals surface area contributed by atoms with Crippen LogP contribution in [-0.2, 0) is 17.7 Å². The molecule has 0 fully saturated rings. The summed E-state index contributed by atoms with van der Waals surface area (Å²) in [7, 11) is -2.39. The van der Waals surface area contributed by atoms with Crippen LogP contribution >= 0.6 is 11.6 Å². The van der Waals surface area contributed by atoms with Crippen molar-refractivity contribution in [3.63, 3.8) is 0 Å². The number of ether oxygens (including phenoxy) is 1. The van der Waals surface area contributed by atoms with Crippen LogP contribution < -0.4 is 11.2 Å². The summed E-state index contributed by atoms with van der Waals surface area (Å²) in [5.41, 5.74) is 7.74. The Morgan fingerprint density at radius 2 is 1.97 bits per heavy atom. The van der Waals surface area contributed by atoms with Crippen LogP contribution in [0.15, 0.2) is 41.3 Å². The van der Waals surface area contributed by atoms with Gasteiger partial charge in [0.05, 0.1) is 22.8 Å². The van der Waals surface area contributed by atoms with E-state index in [1.54, 1.807) is 31.2 Å². The monoisotopic (exact) mass is 532 g/mol. The molecular weight excluding hydrogens is 499 g/mol. The molecule has 3 N–H and O–H groups in total. The number of nitrogens with zero attached hydrogens (tertiary/aromatic N) is 1. The minimum Gasteiger partial charge on any atom is -0.462 e. The van der Waals surface area contributed by atoms with E-state index in [4.69, 9.17) is 22.1 Å². The van der Waals surface area contributed by atoms with Gasteiger partial charge in [0.25, 0.3) is 0 Å². The standard InChI is InChI=1S/C27H34ClFN2O4Si/c1-6-35-26(33)20-16-31(12-8-11-27(2,3)36(4,5)34)24-19(25(20)32)14-17(15-22(24)30)13-18-9-7-10-21(28)23(18)29/h7,9-10,14-16,34H,6,8,11-13,30H2,1-5H3. The fourth-order valence-electron chi connectivity index (χ4n) is 4.17. The van der Waals surface area contributed by atoms with Crippen LogP contribution in [0.25, 0.3) is 10.9 Å². The Kier molecular flexibility index (Phi) is 8.32. The predicted molar refractivity (Wildman–Crippen MR) is 146 cm³/mol. The van der Waals surface area contributed by atoms with Crippen molar-refractivity contribution < 1.29 is 18.7 Å². The number of hydrogen-bond donors (Lipinski definition) is 2. The molecule has 1 aromatic heterocycles. The fourth-order valence-corrected chi connectivity index (χ4v) is 5.15. The second kappa shape index (κ2) is 10.7. The first kappa shape index (κ1) is 27.9. The molecule has 0 saturated heterocycles. The summed E-state index contributed by atoms with van der Waals surface area (Å²) >= 11 is 5.93. The Bertz CT molecular complexity index is 1350. The number of hydrogen-bond acceptors (Lipinski definition) is 5. The largest absolute Gasteiger partial charge is 0.462 e. The van der Waals surface area contributed by atoms with E-state index in [0.29, 0.717) is 35.3 Å². The van der Waals surface area contributed by atoms with Crippen molar-refractivity contribution in [1.82, 2.24) is 4.57 Å². The number of carbonyl (C=O) groups excluding carboxylic acids is 1. The molecule has 0 amide bonds. The Hall–Kier alpha value is -2.68. The molecule has 0 bridgehead atoms. The fraction of sp³-hybridized carbons (Fsp3) is 0.407. The lowest BCUT2D eigenvalue weighted by Crippen LogP contribution is -2.39. The number of aryl methyl sites for hydroxylation is 1. The van der Waals surface area contributed by atoms with E-state index in [1.807, 2.05) is 17.7 Å². The Labute approximate surface area is 217 Å². The number of carbonyl (C=O) groups is 1. The number of anilines is 1. The molecule has 194 valence electrons. The molecule has 0 aliphatic heterocycles. The zero-order chi connectivity index (χ0) is 26.8. The summed E-state index contributed by atoms with van der Waals surface area (Å²) in [6, 6.07) is 8.14. The molecule has 3 rings (SSSR count). The van der Waals surface area contributed by atoms with E-state index in [9.17, 15) is 18.8 Å². The second-order valence-corrected chi connectivity index (χ2v) is 15.2. The normalized spacial score (nSPS) is 12.2. The van der Waals surface area contributed by atoms with Gasteiger partial charge >= 0.3 is 5.97 Å². The first-order valence-corrected chi connectivity index (χ1v) is 15.4. The molecular formula is C27H34ClFN2O4Si. The summed E-state index contributed by atoms with van der Waals surface area (Å²) < 4.78 is 21.4. The topological polar surface area (TPSA) is 94.6 Å². The Morgan fingerprint density at radius 3 is 2.61 bits per heavy atom. The third-order valence-electron chi connectivity index (χ3n) is 7.04. The lowest BCUT2D eigenvalue weighted by atomic mass is 10.00. The minimum absolute atomic E-state index is 0.0188. The van der Waals surface area contributed by atoms with Crippen molar-refractivity contribution in [1.29, 1.82) is 0 Å². The average molecular weight is 533 g/mol. The summed E-state index contributed by atoms with van der Waals surface area (Å²) in [6.45, 7) is 10.3. The number of halogens is 2. The van der Waals surface area contributed by atoms with Gasteiger partial charge in [0.1, 0.15) is 11.4 Å². The van der Waals surface area contributed by atoms with E-state index in [2.05, 4.69) is 13.8 Å².